The largest absolute Gasteiger partial charge is 0.325 e. The molecule has 4 nitrogen and oxygen atoms in total. The zero-order valence-corrected chi connectivity index (χ0v) is 9.61. The smallest absolute Gasteiger partial charge is 0.266 e. The zero-order valence-electron chi connectivity index (χ0n) is 9.61. The van der Waals surface area contributed by atoms with Crippen molar-refractivity contribution in [2.24, 2.45) is 0 Å². The second-order valence-electron chi connectivity index (χ2n) is 3.85. The molecule has 2 rings (SSSR count). The highest BCUT2D eigenvalue weighted by atomic mass is 16.1. The van der Waals surface area contributed by atoms with E-state index in [1.54, 1.807) is 18.5 Å². The fourth-order valence-corrected chi connectivity index (χ4v) is 1.76. The number of H-pyrrole nitrogens is 1. The molecular weight excluding hydrogens is 214 g/mol. The average Bonchev–Trinajstić information content (AvgIpc) is 2.31. The Morgan fingerprint density at radius 3 is 2.76 bits per heavy atom. The van der Waals surface area contributed by atoms with Gasteiger partial charge < -0.3 is 4.98 Å². The molecule has 0 bridgehead atoms. The topological polar surface area (TPSA) is 69.5 Å². The van der Waals surface area contributed by atoms with E-state index < -0.39 is 0 Å². The van der Waals surface area contributed by atoms with Crippen LogP contribution in [-0.4, -0.2) is 9.97 Å². The van der Waals surface area contributed by atoms with Crippen molar-refractivity contribution in [2.75, 3.05) is 0 Å². The van der Waals surface area contributed by atoms with Crippen LogP contribution in [0.3, 0.4) is 0 Å². The molecule has 4 heteroatoms. The number of pyridine rings is 2. The second-order valence-corrected chi connectivity index (χ2v) is 3.85. The third-order valence-electron chi connectivity index (χ3n) is 2.67. The van der Waals surface area contributed by atoms with Crippen LogP contribution in [-0.2, 0) is 0 Å². The van der Waals surface area contributed by atoms with Crippen molar-refractivity contribution < 1.29 is 0 Å². The molecule has 0 radical (unpaired) electrons. The van der Waals surface area contributed by atoms with Gasteiger partial charge in [-0.15, -0.1) is 0 Å². The molecule has 17 heavy (non-hydrogen) atoms. The Hall–Kier alpha value is -2.41. The standard InChI is InChI=1S/C13H11N3O/c1-8-7-15-4-3-11(8)12-5-10(6-14)13(17)16-9(12)2/h3-5,7H,1-2H3,(H,16,17). The summed E-state index contributed by atoms with van der Waals surface area (Å²) in [5.74, 6) is 0. The molecule has 0 atom stereocenters. The van der Waals surface area contributed by atoms with Crippen molar-refractivity contribution in [3.05, 3.63) is 51.7 Å². The van der Waals surface area contributed by atoms with Gasteiger partial charge in [-0.05, 0) is 37.1 Å². The minimum atomic E-state index is -0.347. The number of aryl methyl sites for hydroxylation is 2. The van der Waals surface area contributed by atoms with Crippen LogP contribution < -0.4 is 5.56 Å². The summed E-state index contributed by atoms with van der Waals surface area (Å²) < 4.78 is 0. The molecule has 2 heterocycles. The Kier molecular flexibility index (Phi) is 2.75. The number of aromatic amines is 1. The van der Waals surface area contributed by atoms with E-state index in [4.69, 9.17) is 5.26 Å². The molecule has 0 aliphatic heterocycles. The van der Waals surface area contributed by atoms with Gasteiger partial charge in [-0.3, -0.25) is 9.78 Å². The van der Waals surface area contributed by atoms with Crippen LogP contribution in [0.25, 0.3) is 11.1 Å². The van der Waals surface area contributed by atoms with Gasteiger partial charge in [0, 0.05) is 23.7 Å². The summed E-state index contributed by atoms with van der Waals surface area (Å²) in [7, 11) is 0. The van der Waals surface area contributed by atoms with E-state index in [1.807, 2.05) is 26.0 Å². The molecule has 0 aromatic carbocycles. The molecule has 0 aliphatic carbocycles. The average molecular weight is 225 g/mol. The summed E-state index contributed by atoms with van der Waals surface area (Å²) in [6.45, 7) is 3.76. The van der Waals surface area contributed by atoms with Crippen molar-refractivity contribution >= 4 is 0 Å². The predicted octanol–water partition coefficient (Wildman–Crippen LogP) is 1.93. The number of hydrogen-bond acceptors (Lipinski definition) is 3. The lowest BCUT2D eigenvalue weighted by molar-refractivity contribution is 1.13. The number of rotatable bonds is 1. The number of nitrogens with zero attached hydrogens (tertiary/aromatic N) is 2. The lowest BCUT2D eigenvalue weighted by Crippen LogP contribution is -2.12. The Labute approximate surface area is 98.6 Å². The quantitative estimate of drug-likeness (QED) is 0.806. The third kappa shape index (κ3) is 1.95. The van der Waals surface area contributed by atoms with E-state index in [-0.39, 0.29) is 11.1 Å². The lowest BCUT2D eigenvalue weighted by atomic mass is 10.0. The van der Waals surface area contributed by atoms with Crippen LogP contribution in [0.1, 0.15) is 16.8 Å². The summed E-state index contributed by atoms with van der Waals surface area (Å²) in [5, 5.41) is 8.87. The van der Waals surface area contributed by atoms with Gasteiger partial charge in [-0.2, -0.15) is 5.26 Å². The first-order chi connectivity index (χ1) is 8.13. The fourth-order valence-electron chi connectivity index (χ4n) is 1.76. The van der Waals surface area contributed by atoms with E-state index in [0.717, 1.165) is 22.4 Å². The number of hydrogen-bond donors (Lipinski definition) is 1. The first kappa shape index (κ1) is 11.1. The minimum Gasteiger partial charge on any atom is -0.325 e. The maximum absolute atomic E-state index is 11.4. The molecule has 1 N–H and O–H groups in total. The van der Waals surface area contributed by atoms with Crippen LogP contribution in [0.5, 0.6) is 0 Å². The molecular formula is C13H11N3O. The molecule has 2 aromatic rings. The molecule has 0 amide bonds. The van der Waals surface area contributed by atoms with Gasteiger partial charge in [0.05, 0.1) is 0 Å². The first-order valence-electron chi connectivity index (χ1n) is 5.18. The second kappa shape index (κ2) is 4.22. The van der Waals surface area contributed by atoms with Gasteiger partial charge in [0.25, 0.3) is 5.56 Å². The molecule has 0 aliphatic rings. The van der Waals surface area contributed by atoms with Crippen LogP contribution in [0.15, 0.2) is 29.3 Å². The predicted molar refractivity (Wildman–Crippen MR) is 64.5 cm³/mol. The van der Waals surface area contributed by atoms with E-state index in [2.05, 4.69) is 9.97 Å². The highest BCUT2D eigenvalue weighted by Crippen LogP contribution is 2.24. The highest BCUT2D eigenvalue weighted by Gasteiger charge is 2.09. The first-order valence-corrected chi connectivity index (χ1v) is 5.18. The Morgan fingerprint density at radius 2 is 2.12 bits per heavy atom. The van der Waals surface area contributed by atoms with E-state index in [1.165, 1.54) is 0 Å². The molecule has 0 fully saturated rings. The minimum absolute atomic E-state index is 0.127. The molecule has 2 aromatic heterocycles. The Bertz CT molecular complexity index is 665. The van der Waals surface area contributed by atoms with Crippen molar-refractivity contribution in [3.8, 4) is 17.2 Å². The van der Waals surface area contributed by atoms with Gasteiger partial charge in [0.2, 0.25) is 0 Å². The van der Waals surface area contributed by atoms with Gasteiger partial charge in [-0.1, -0.05) is 0 Å². The van der Waals surface area contributed by atoms with E-state index >= 15 is 0 Å². The normalized spacial score (nSPS) is 9.94. The lowest BCUT2D eigenvalue weighted by Gasteiger charge is -2.08. The van der Waals surface area contributed by atoms with Crippen LogP contribution in [0.2, 0.25) is 0 Å². The monoisotopic (exact) mass is 225 g/mol. The van der Waals surface area contributed by atoms with Crippen molar-refractivity contribution in [1.29, 1.82) is 5.26 Å². The van der Waals surface area contributed by atoms with Gasteiger partial charge >= 0.3 is 0 Å². The fraction of sp³-hybridized carbons (Fsp3) is 0.154. The highest BCUT2D eigenvalue weighted by molar-refractivity contribution is 5.69. The molecule has 0 saturated heterocycles. The maximum Gasteiger partial charge on any atom is 0.266 e. The zero-order chi connectivity index (χ0) is 12.4. The van der Waals surface area contributed by atoms with Gasteiger partial charge in [0.15, 0.2) is 0 Å². The van der Waals surface area contributed by atoms with Crippen molar-refractivity contribution in [3.63, 3.8) is 0 Å². The molecule has 84 valence electrons. The molecule has 0 unspecified atom stereocenters. The summed E-state index contributed by atoms with van der Waals surface area (Å²) in [6, 6.07) is 5.39. The molecule has 0 saturated carbocycles. The summed E-state index contributed by atoms with van der Waals surface area (Å²) in [6.07, 6.45) is 3.45. The van der Waals surface area contributed by atoms with Crippen molar-refractivity contribution in [2.45, 2.75) is 13.8 Å². The van der Waals surface area contributed by atoms with Crippen LogP contribution in [0.4, 0.5) is 0 Å². The Morgan fingerprint density at radius 1 is 1.35 bits per heavy atom. The van der Waals surface area contributed by atoms with Crippen molar-refractivity contribution in [1.82, 2.24) is 9.97 Å². The number of nitriles is 1. The van der Waals surface area contributed by atoms with Gasteiger partial charge in [0.1, 0.15) is 11.6 Å². The van der Waals surface area contributed by atoms with E-state index in [0.29, 0.717) is 0 Å². The van der Waals surface area contributed by atoms with Gasteiger partial charge in [-0.25, -0.2) is 0 Å². The van der Waals surface area contributed by atoms with Crippen LogP contribution >= 0.6 is 0 Å². The summed E-state index contributed by atoms with van der Waals surface area (Å²) >= 11 is 0. The number of aromatic nitrogens is 2. The Balaban J connectivity index is 2.73. The molecule has 0 spiro atoms. The number of nitrogens with one attached hydrogen (secondary N) is 1. The maximum atomic E-state index is 11.4. The SMILES string of the molecule is Cc1cnccc1-c1cc(C#N)c(=O)[nH]c1C. The van der Waals surface area contributed by atoms with Crippen LogP contribution in [0, 0.1) is 25.2 Å². The van der Waals surface area contributed by atoms with E-state index in [9.17, 15) is 4.79 Å². The summed E-state index contributed by atoms with van der Waals surface area (Å²) in [5.41, 5.74) is 3.38. The summed E-state index contributed by atoms with van der Waals surface area (Å²) in [4.78, 5) is 18.2. The third-order valence-corrected chi connectivity index (χ3v) is 2.67.